The van der Waals surface area contributed by atoms with Crippen LogP contribution in [0.15, 0.2) is 18.5 Å². The van der Waals surface area contributed by atoms with Gasteiger partial charge < -0.3 is 9.64 Å². The number of ether oxygens (including phenoxy) is 1. The van der Waals surface area contributed by atoms with E-state index < -0.39 is 11.9 Å². The summed E-state index contributed by atoms with van der Waals surface area (Å²) < 4.78 is 44.3. The lowest BCUT2D eigenvalue weighted by Gasteiger charge is -2.33. The summed E-state index contributed by atoms with van der Waals surface area (Å²) in [6.45, 7) is 5.25. The van der Waals surface area contributed by atoms with E-state index in [1.54, 1.807) is 0 Å². The summed E-state index contributed by atoms with van der Waals surface area (Å²) in [5, 5.41) is 7.34. The molecule has 0 spiro atoms. The van der Waals surface area contributed by atoms with E-state index in [4.69, 9.17) is 4.74 Å². The first-order valence-corrected chi connectivity index (χ1v) is 9.48. The van der Waals surface area contributed by atoms with Gasteiger partial charge in [0.25, 0.3) is 0 Å². The maximum atomic E-state index is 13.0. The number of hydrogen-bond acceptors (Lipinski definition) is 6. The summed E-state index contributed by atoms with van der Waals surface area (Å²) in [5.74, 6) is 0.291. The Morgan fingerprint density at radius 2 is 2.04 bits per heavy atom. The van der Waals surface area contributed by atoms with Crippen molar-refractivity contribution in [2.75, 3.05) is 44.3 Å². The number of aromatic amines is 1. The maximum absolute atomic E-state index is 13.0. The third-order valence-corrected chi connectivity index (χ3v) is 5.29. The molecule has 10 heteroatoms. The second kappa shape index (κ2) is 8.04. The zero-order valence-corrected chi connectivity index (χ0v) is 15.5. The van der Waals surface area contributed by atoms with Gasteiger partial charge in [-0.25, -0.2) is 9.97 Å². The largest absolute Gasteiger partial charge is 0.433 e. The highest BCUT2D eigenvalue weighted by atomic mass is 19.4. The number of rotatable bonds is 4. The molecule has 2 aliphatic heterocycles. The minimum atomic E-state index is -4.47. The van der Waals surface area contributed by atoms with Crippen molar-refractivity contribution in [3.05, 3.63) is 35.4 Å². The second-order valence-electron chi connectivity index (χ2n) is 7.22. The Labute approximate surface area is 160 Å². The van der Waals surface area contributed by atoms with Gasteiger partial charge in [0.15, 0.2) is 0 Å². The molecule has 2 saturated heterocycles. The molecule has 0 aliphatic carbocycles. The molecule has 1 atom stereocenters. The molecule has 0 saturated carbocycles. The fourth-order valence-electron chi connectivity index (χ4n) is 3.85. The van der Waals surface area contributed by atoms with Crippen molar-refractivity contribution in [2.24, 2.45) is 0 Å². The minimum absolute atomic E-state index is 0.133. The molecule has 2 aromatic rings. The average Bonchev–Trinajstić information content (AvgIpc) is 3.16. The van der Waals surface area contributed by atoms with Crippen molar-refractivity contribution in [1.82, 2.24) is 25.1 Å². The summed E-state index contributed by atoms with van der Waals surface area (Å²) >= 11 is 0. The molecule has 1 N–H and O–H groups in total. The van der Waals surface area contributed by atoms with Crippen molar-refractivity contribution in [1.29, 1.82) is 0 Å². The van der Waals surface area contributed by atoms with Crippen LogP contribution in [0.1, 0.15) is 35.7 Å². The molecule has 0 amide bonds. The van der Waals surface area contributed by atoms with Gasteiger partial charge in [0.2, 0.25) is 5.95 Å². The van der Waals surface area contributed by atoms with Crippen LogP contribution in [-0.4, -0.2) is 64.5 Å². The first kappa shape index (κ1) is 19.1. The number of morpholine rings is 1. The fourth-order valence-corrected chi connectivity index (χ4v) is 3.85. The maximum Gasteiger partial charge on any atom is 0.433 e. The predicted octanol–water partition coefficient (Wildman–Crippen LogP) is 2.43. The Morgan fingerprint density at radius 3 is 2.82 bits per heavy atom. The standard InChI is InChI=1S/C18H23F3N6O/c19-18(20,21)15-3-4-22-17(24-15)27-5-1-2-13(12-27)16-14(10-23-25-16)11-26-6-8-28-9-7-26/h3-4,10,13H,1-2,5-9,11-12H2,(H,23,25)/t13-/m0/s1. The number of hydrogen-bond donors (Lipinski definition) is 1. The van der Waals surface area contributed by atoms with E-state index in [0.717, 1.165) is 63.0 Å². The summed E-state index contributed by atoms with van der Waals surface area (Å²) in [4.78, 5) is 12.0. The van der Waals surface area contributed by atoms with Crippen molar-refractivity contribution < 1.29 is 17.9 Å². The molecule has 28 heavy (non-hydrogen) atoms. The molecule has 0 radical (unpaired) electrons. The highest BCUT2D eigenvalue weighted by Crippen LogP contribution is 2.32. The average molecular weight is 396 g/mol. The monoisotopic (exact) mass is 396 g/mol. The molecule has 0 bridgehead atoms. The van der Waals surface area contributed by atoms with Crippen LogP contribution in [0.2, 0.25) is 0 Å². The number of halogens is 3. The molecule has 4 heterocycles. The van der Waals surface area contributed by atoms with Gasteiger partial charge in [0.05, 0.1) is 19.4 Å². The van der Waals surface area contributed by atoms with Crippen molar-refractivity contribution in [2.45, 2.75) is 31.5 Å². The Morgan fingerprint density at radius 1 is 1.21 bits per heavy atom. The van der Waals surface area contributed by atoms with Gasteiger partial charge in [-0.05, 0) is 18.9 Å². The predicted molar refractivity (Wildman–Crippen MR) is 95.9 cm³/mol. The summed E-state index contributed by atoms with van der Waals surface area (Å²) in [7, 11) is 0. The molecule has 2 aromatic heterocycles. The third-order valence-electron chi connectivity index (χ3n) is 5.29. The van der Waals surface area contributed by atoms with Gasteiger partial charge in [0, 0.05) is 56.1 Å². The smallest absolute Gasteiger partial charge is 0.379 e. The molecule has 2 aliphatic rings. The highest BCUT2D eigenvalue weighted by Gasteiger charge is 2.34. The van der Waals surface area contributed by atoms with E-state index in [1.807, 2.05) is 11.1 Å². The molecule has 7 nitrogen and oxygen atoms in total. The number of aromatic nitrogens is 4. The molecule has 152 valence electrons. The number of nitrogens with zero attached hydrogens (tertiary/aromatic N) is 5. The molecule has 4 rings (SSSR count). The summed E-state index contributed by atoms with van der Waals surface area (Å²) in [5.41, 5.74) is 1.29. The van der Waals surface area contributed by atoms with Crippen LogP contribution in [0.3, 0.4) is 0 Å². The molecule has 2 fully saturated rings. The van der Waals surface area contributed by atoms with Crippen LogP contribution in [0, 0.1) is 0 Å². The Balaban J connectivity index is 1.48. The SMILES string of the molecule is FC(F)(F)c1ccnc(N2CCC[C@H](c3[nH]ncc3CN3CCOCC3)C2)n1. The van der Waals surface area contributed by atoms with Crippen LogP contribution < -0.4 is 4.90 Å². The lowest BCUT2D eigenvalue weighted by atomic mass is 9.92. The normalized spacial score (nSPS) is 21.8. The van der Waals surface area contributed by atoms with Crippen molar-refractivity contribution in [3.63, 3.8) is 0 Å². The van der Waals surface area contributed by atoms with Gasteiger partial charge in [-0.15, -0.1) is 0 Å². The zero-order chi connectivity index (χ0) is 19.6. The summed E-state index contributed by atoms with van der Waals surface area (Å²) in [6, 6.07) is 0.903. The lowest BCUT2D eigenvalue weighted by Crippen LogP contribution is -2.37. The van der Waals surface area contributed by atoms with Crippen LogP contribution in [0.25, 0.3) is 0 Å². The van der Waals surface area contributed by atoms with E-state index in [0.29, 0.717) is 13.1 Å². The number of anilines is 1. The fraction of sp³-hybridized carbons (Fsp3) is 0.611. The number of H-pyrrole nitrogens is 1. The Hall–Kier alpha value is -2.20. The van der Waals surface area contributed by atoms with Crippen molar-refractivity contribution >= 4 is 5.95 Å². The number of piperidine rings is 1. The van der Waals surface area contributed by atoms with Crippen LogP contribution in [-0.2, 0) is 17.5 Å². The zero-order valence-electron chi connectivity index (χ0n) is 15.5. The van der Waals surface area contributed by atoms with Crippen LogP contribution in [0.5, 0.6) is 0 Å². The van der Waals surface area contributed by atoms with E-state index >= 15 is 0 Å². The first-order valence-electron chi connectivity index (χ1n) is 9.48. The third kappa shape index (κ3) is 4.27. The van der Waals surface area contributed by atoms with Gasteiger partial charge in [-0.2, -0.15) is 18.3 Å². The van der Waals surface area contributed by atoms with E-state index in [2.05, 4.69) is 25.1 Å². The highest BCUT2D eigenvalue weighted by molar-refractivity contribution is 5.34. The topological polar surface area (TPSA) is 70.2 Å². The molecule has 0 unspecified atom stereocenters. The van der Waals surface area contributed by atoms with Crippen LogP contribution in [0.4, 0.5) is 19.1 Å². The first-order chi connectivity index (χ1) is 13.5. The molecular weight excluding hydrogens is 373 g/mol. The Kier molecular flexibility index (Phi) is 5.49. The van der Waals surface area contributed by atoms with E-state index in [9.17, 15) is 13.2 Å². The van der Waals surface area contributed by atoms with Crippen LogP contribution >= 0.6 is 0 Å². The number of nitrogens with one attached hydrogen (secondary N) is 1. The second-order valence-corrected chi connectivity index (χ2v) is 7.22. The van der Waals surface area contributed by atoms with Gasteiger partial charge in [-0.1, -0.05) is 0 Å². The van der Waals surface area contributed by atoms with Gasteiger partial charge in [-0.3, -0.25) is 10.00 Å². The minimum Gasteiger partial charge on any atom is -0.379 e. The van der Waals surface area contributed by atoms with E-state index in [-0.39, 0.29) is 11.9 Å². The molecular formula is C18H23F3N6O. The van der Waals surface area contributed by atoms with Crippen molar-refractivity contribution in [3.8, 4) is 0 Å². The van der Waals surface area contributed by atoms with Gasteiger partial charge in [0.1, 0.15) is 5.69 Å². The van der Waals surface area contributed by atoms with Gasteiger partial charge >= 0.3 is 6.18 Å². The quantitative estimate of drug-likeness (QED) is 0.856. The number of alkyl halides is 3. The van der Waals surface area contributed by atoms with E-state index in [1.165, 1.54) is 6.20 Å². The Bertz CT molecular complexity index is 790. The summed E-state index contributed by atoms with van der Waals surface area (Å²) in [6.07, 6.45) is 0.370. The lowest BCUT2D eigenvalue weighted by molar-refractivity contribution is -0.141. The molecule has 0 aromatic carbocycles.